The van der Waals surface area contributed by atoms with E-state index in [9.17, 15) is 9.59 Å². The average Bonchev–Trinajstić information content (AvgIpc) is 3.14. The molecule has 0 aliphatic heterocycles. The third-order valence-electron chi connectivity index (χ3n) is 5.09. The van der Waals surface area contributed by atoms with Crippen LogP contribution in [0.4, 0.5) is 11.4 Å². The highest BCUT2D eigenvalue weighted by molar-refractivity contribution is 6.04. The lowest BCUT2D eigenvalue weighted by molar-refractivity contribution is -0.120. The van der Waals surface area contributed by atoms with Gasteiger partial charge in [0, 0.05) is 22.9 Å². The van der Waals surface area contributed by atoms with E-state index in [1.165, 1.54) is 0 Å². The fourth-order valence-corrected chi connectivity index (χ4v) is 3.52. The summed E-state index contributed by atoms with van der Waals surface area (Å²) in [6.45, 7) is 2.48. The van der Waals surface area contributed by atoms with Gasteiger partial charge in [0.25, 0.3) is 5.91 Å². The summed E-state index contributed by atoms with van der Waals surface area (Å²) >= 11 is 0. The molecule has 1 aliphatic carbocycles. The topological polar surface area (TPSA) is 84.2 Å². The number of aryl methyl sites for hydroxylation is 1. The first-order valence-electron chi connectivity index (χ1n) is 9.06. The molecule has 0 unspecified atom stereocenters. The Morgan fingerprint density at radius 2 is 1.81 bits per heavy atom. The minimum Gasteiger partial charge on any atom is -0.330 e. The Balaban J connectivity index is 0.00000261. The van der Waals surface area contributed by atoms with Crippen LogP contribution in [-0.4, -0.2) is 18.4 Å². The van der Waals surface area contributed by atoms with Crippen molar-refractivity contribution in [1.29, 1.82) is 0 Å². The quantitative estimate of drug-likeness (QED) is 0.725. The Hall–Kier alpha value is -2.37. The minimum atomic E-state index is -0.175. The summed E-state index contributed by atoms with van der Waals surface area (Å²) in [4.78, 5) is 24.9. The number of carbonyl (C=O) groups is 2. The molecule has 0 bridgehead atoms. The summed E-state index contributed by atoms with van der Waals surface area (Å²) in [7, 11) is 0. The van der Waals surface area contributed by atoms with Crippen LogP contribution in [0.25, 0.3) is 0 Å². The first-order valence-corrected chi connectivity index (χ1v) is 9.06. The van der Waals surface area contributed by atoms with Crippen molar-refractivity contribution in [2.24, 2.45) is 17.6 Å². The number of nitrogens with two attached hydrogens (primary N) is 1. The Labute approximate surface area is 166 Å². The number of rotatable bonds is 5. The first kappa shape index (κ1) is 20.9. The molecule has 0 spiro atoms. The molecule has 0 radical (unpaired) electrons. The monoisotopic (exact) mass is 387 g/mol. The maximum atomic E-state index is 12.6. The van der Waals surface area contributed by atoms with Crippen LogP contribution in [0.1, 0.15) is 35.2 Å². The van der Waals surface area contributed by atoms with Gasteiger partial charge in [0.1, 0.15) is 0 Å². The molecule has 4 N–H and O–H groups in total. The summed E-state index contributed by atoms with van der Waals surface area (Å²) in [5, 5.41) is 5.90. The van der Waals surface area contributed by atoms with Gasteiger partial charge < -0.3 is 16.4 Å². The molecule has 2 atom stereocenters. The predicted octanol–water partition coefficient (Wildman–Crippen LogP) is 3.98. The van der Waals surface area contributed by atoms with Gasteiger partial charge in [-0.15, -0.1) is 12.4 Å². The third-order valence-corrected chi connectivity index (χ3v) is 5.09. The number of nitrogens with one attached hydrogen (secondary N) is 2. The number of carbonyl (C=O) groups excluding carboxylic acids is 2. The lowest BCUT2D eigenvalue weighted by Crippen LogP contribution is -2.30. The molecule has 2 aromatic rings. The second kappa shape index (κ2) is 9.53. The predicted molar refractivity (Wildman–Crippen MR) is 111 cm³/mol. The molecule has 1 saturated carbocycles. The molecule has 0 saturated heterocycles. The highest BCUT2D eigenvalue weighted by atomic mass is 35.5. The van der Waals surface area contributed by atoms with Gasteiger partial charge in [-0.25, -0.2) is 0 Å². The molecule has 5 nitrogen and oxygen atoms in total. The third kappa shape index (κ3) is 5.08. The zero-order valence-electron chi connectivity index (χ0n) is 15.4. The van der Waals surface area contributed by atoms with Crippen LogP contribution in [0.2, 0.25) is 0 Å². The van der Waals surface area contributed by atoms with E-state index < -0.39 is 0 Å². The van der Waals surface area contributed by atoms with Gasteiger partial charge in [-0.2, -0.15) is 0 Å². The Morgan fingerprint density at radius 3 is 2.52 bits per heavy atom. The van der Waals surface area contributed by atoms with Crippen LogP contribution < -0.4 is 16.4 Å². The normalized spacial score (nSPS) is 18.4. The Kier molecular flexibility index (Phi) is 7.39. The lowest BCUT2D eigenvalue weighted by atomic mass is 9.95. The van der Waals surface area contributed by atoms with E-state index in [2.05, 4.69) is 10.6 Å². The van der Waals surface area contributed by atoms with E-state index in [4.69, 9.17) is 5.73 Å². The van der Waals surface area contributed by atoms with Gasteiger partial charge in [0.05, 0.1) is 0 Å². The fourth-order valence-electron chi connectivity index (χ4n) is 3.52. The molecule has 0 heterocycles. The van der Waals surface area contributed by atoms with Gasteiger partial charge >= 0.3 is 0 Å². The number of anilines is 2. The molecule has 144 valence electrons. The molecule has 1 aliphatic rings. The van der Waals surface area contributed by atoms with Crippen LogP contribution in [0, 0.1) is 18.8 Å². The van der Waals surface area contributed by atoms with Crippen molar-refractivity contribution in [2.45, 2.75) is 26.2 Å². The summed E-state index contributed by atoms with van der Waals surface area (Å²) in [6.07, 6.45) is 2.95. The Morgan fingerprint density at radius 1 is 1.07 bits per heavy atom. The van der Waals surface area contributed by atoms with E-state index in [1.54, 1.807) is 18.2 Å². The van der Waals surface area contributed by atoms with Crippen molar-refractivity contribution >= 4 is 35.6 Å². The zero-order chi connectivity index (χ0) is 18.5. The zero-order valence-corrected chi connectivity index (χ0v) is 16.2. The second-order valence-corrected chi connectivity index (χ2v) is 6.87. The first-order chi connectivity index (χ1) is 12.6. The van der Waals surface area contributed by atoms with Crippen LogP contribution in [0.5, 0.6) is 0 Å². The van der Waals surface area contributed by atoms with E-state index in [0.29, 0.717) is 17.8 Å². The van der Waals surface area contributed by atoms with Crippen molar-refractivity contribution in [3.05, 3.63) is 59.7 Å². The van der Waals surface area contributed by atoms with E-state index in [0.717, 1.165) is 30.5 Å². The van der Waals surface area contributed by atoms with Gasteiger partial charge in [0.15, 0.2) is 0 Å². The smallest absolute Gasteiger partial charge is 0.255 e. The van der Waals surface area contributed by atoms with Crippen LogP contribution in [0.15, 0.2) is 48.5 Å². The van der Waals surface area contributed by atoms with Crippen molar-refractivity contribution in [3.63, 3.8) is 0 Å². The van der Waals surface area contributed by atoms with Gasteiger partial charge in [-0.1, -0.05) is 30.7 Å². The standard InChI is InChI=1S/C21H25N3O2.ClH/c1-14-10-11-17(23-20(25)15-6-3-2-4-7-15)12-19(14)24-21(26)18-9-5-8-16(18)13-22;/h2-4,6-7,10-12,16,18H,5,8-9,13,22H2,1H3,(H,23,25)(H,24,26);1H/t16-,18-;/m1./s1. The molecule has 2 aromatic carbocycles. The van der Waals surface area contributed by atoms with Crippen molar-refractivity contribution < 1.29 is 9.59 Å². The molecule has 0 aromatic heterocycles. The minimum absolute atomic E-state index is 0. The number of benzene rings is 2. The van der Waals surface area contributed by atoms with Crippen molar-refractivity contribution in [1.82, 2.24) is 0 Å². The van der Waals surface area contributed by atoms with Crippen molar-refractivity contribution in [2.75, 3.05) is 17.2 Å². The van der Waals surface area contributed by atoms with Gasteiger partial charge in [-0.3, -0.25) is 9.59 Å². The van der Waals surface area contributed by atoms with Gasteiger partial charge in [0.2, 0.25) is 5.91 Å². The molecule has 27 heavy (non-hydrogen) atoms. The lowest BCUT2D eigenvalue weighted by Gasteiger charge is -2.19. The number of amides is 2. The van der Waals surface area contributed by atoms with Crippen LogP contribution >= 0.6 is 12.4 Å². The summed E-state index contributed by atoms with van der Waals surface area (Å²) < 4.78 is 0. The number of hydrogen-bond donors (Lipinski definition) is 3. The molecule has 1 fully saturated rings. The number of hydrogen-bond acceptors (Lipinski definition) is 3. The maximum absolute atomic E-state index is 12.6. The SMILES string of the molecule is Cc1ccc(NC(=O)c2ccccc2)cc1NC(=O)[C@@H]1CCC[C@@H]1CN.Cl. The van der Waals surface area contributed by atoms with Crippen LogP contribution in [0.3, 0.4) is 0 Å². The maximum Gasteiger partial charge on any atom is 0.255 e. The molecule has 2 amide bonds. The summed E-state index contributed by atoms with van der Waals surface area (Å²) in [5.41, 5.74) is 8.72. The van der Waals surface area contributed by atoms with E-state index in [1.807, 2.05) is 37.3 Å². The van der Waals surface area contributed by atoms with Crippen molar-refractivity contribution in [3.8, 4) is 0 Å². The van der Waals surface area contributed by atoms with E-state index >= 15 is 0 Å². The van der Waals surface area contributed by atoms with Gasteiger partial charge in [-0.05, 0) is 62.1 Å². The second-order valence-electron chi connectivity index (χ2n) is 6.87. The largest absolute Gasteiger partial charge is 0.330 e. The summed E-state index contributed by atoms with van der Waals surface area (Å²) in [5.74, 6) is 0.0801. The molecule has 6 heteroatoms. The molecular formula is C21H26ClN3O2. The average molecular weight is 388 g/mol. The molecular weight excluding hydrogens is 362 g/mol. The highest BCUT2D eigenvalue weighted by Crippen LogP contribution is 2.32. The van der Waals surface area contributed by atoms with E-state index in [-0.39, 0.29) is 36.1 Å². The number of halogens is 1. The fraction of sp³-hybridized carbons (Fsp3) is 0.333. The molecule has 3 rings (SSSR count). The highest BCUT2D eigenvalue weighted by Gasteiger charge is 2.32. The Bertz CT molecular complexity index is 795. The van der Waals surface area contributed by atoms with Crippen LogP contribution in [-0.2, 0) is 4.79 Å². The summed E-state index contributed by atoms with van der Waals surface area (Å²) in [6, 6.07) is 14.6.